The van der Waals surface area contributed by atoms with E-state index in [-0.39, 0.29) is 5.92 Å². The molecule has 0 aromatic rings. The zero-order valence-corrected chi connectivity index (χ0v) is 18.1. The average Bonchev–Trinajstić information content (AvgIpc) is 2.69. The number of allylic oxidation sites excluding steroid dienone is 2. The summed E-state index contributed by atoms with van der Waals surface area (Å²) in [6.45, 7) is 2.27. The molecule has 164 valence electrons. The first-order chi connectivity index (χ1) is 13.5. The zero-order chi connectivity index (χ0) is 20.2. The Morgan fingerprint density at radius 3 is 1.71 bits per heavy atom. The molecule has 0 amide bonds. The lowest BCUT2D eigenvalue weighted by atomic mass is 9.68. The lowest BCUT2D eigenvalue weighted by Crippen LogP contribution is -2.25. The van der Waals surface area contributed by atoms with Crippen LogP contribution in [0, 0.1) is 23.7 Å². The third-order valence-electron chi connectivity index (χ3n) is 7.40. The van der Waals surface area contributed by atoms with Gasteiger partial charge in [0.25, 0.3) is 0 Å². The normalized spacial score (nSPS) is 29.4. The van der Waals surface area contributed by atoms with Crippen LogP contribution in [0.15, 0.2) is 12.2 Å². The molecule has 0 unspecified atom stereocenters. The van der Waals surface area contributed by atoms with E-state index < -0.39 is 6.18 Å². The standard InChI is InChI=1S/C25H43F3/c1-2-3-4-5-6-7-8-9-10-21-11-15-23(16-12-21)24-17-13-22(14-18-24)19-20-25(26,27)28/h19-24H,2-18H2,1H3/t21-,22-,23-,24-. The molecule has 0 bridgehead atoms. The second-order valence-electron chi connectivity index (χ2n) is 9.62. The third kappa shape index (κ3) is 9.83. The number of alkyl halides is 3. The van der Waals surface area contributed by atoms with Crippen molar-refractivity contribution in [2.75, 3.05) is 0 Å². The smallest absolute Gasteiger partial charge is 0.167 e. The molecule has 28 heavy (non-hydrogen) atoms. The molecule has 3 heteroatoms. The Morgan fingerprint density at radius 1 is 0.679 bits per heavy atom. The van der Waals surface area contributed by atoms with Crippen molar-refractivity contribution < 1.29 is 13.2 Å². The van der Waals surface area contributed by atoms with E-state index >= 15 is 0 Å². The SMILES string of the molecule is CCCCCCCCCC[C@H]1CC[C@H]([C@H]2CC[C@H](C=CC(F)(F)F)CC2)CC1. The molecular weight excluding hydrogens is 357 g/mol. The van der Waals surface area contributed by atoms with E-state index in [1.54, 1.807) is 0 Å². The Bertz CT molecular complexity index is 410. The summed E-state index contributed by atoms with van der Waals surface area (Å²) in [4.78, 5) is 0. The van der Waals surface area contributed by atoms with Crippen molar-refractivity contribution in [2.24, 2.45) is 23.7 Å². The van der Waals surface area contributed by atoms with Gasteiger partial charge in [0.1, 0.15) is 0 Å². The van der Waals surface area contributed by atoms with Gasteiger partial charge in [-0.15, -0.1) is 0 Å². The predicted octanol–water partition coefficient (Wildman–Crippen LogP) is 9.25. The van der Waals surface area contributed by atoms with Gasteiger partial charge in [-0.1, -0.05) is 83.6 Å². The zero-order valence-electron chi connectivity index (χ0n) is 18.1. The van der Waals surface area contributed by atoms with Gasteiger partial charge in [-0.3, -0.25) is 0 Å². The fourth-order valence-electron chi connectivity index (χ4n) is 5.57. The van der Waals surface area contributed by atoms with Gasteiger partial charge >= 0.3 is 6.18 Å². The molecule has 2 fully saturated rings. The number of halogens is 3. The maximum absolute atomic E-state index is 12.3. The number of rotatable bonds is 11. The lowest BCUT2D eigenvalue weighted by molar-refractivity contribution is -0.0803. The Morgan fingerprint density at radius 2 is 1.18 bits per heavy atom. The highest BCUT2D eigenvalue weighted by Crippen LogP contribution is 2.42. The van der Waals surface area contributed by atoms with Gasteiger partial charge in [0, 0.05) is 6.08 Å². The van der Waals surface area contributed by atoms with Gasteiger partial charge in [0.05, 0.1) is 0 Å². The van der Waals surface area contributed by atoms with Gasteiger partial charge in [-0.05, 0) is 62.2 Å². The summed E-state index contributed by atoms with van der Waals surface area (Å²) in [5.41, 5.74) is 0. The monoisotopic (exact) mass is 400 g/mol. The van der Waals surface area contributed by atoms with Crippen LogP contribution in [-0.4, -0.2) is 6.18 Å². The van der Waals surface area contributed by atoms with Crippen LogP contribution < -0.4 is 0 Å². The van der Waals surface area contributed by atoms with E-state index in [4.69, 9.17) is 0 Å². The van der Waals surface area contributed by atoms with E-state index in [2.05, 4.69) is 6.92 Å². The third-order valence-corrected chi connectivity index (χ3v) is 7.40. The van der Waals surface area contributed by atoms with Crippen LogP contribution in [0.4, 0.5) is 13.2 Å². The van der Waals surface area contributed by atoms with Crippen molar-refractivity contribution in [3.8, 4) is 0 Å². The predicted molar refractivity (Wildman–Crippen MR) is 113 cm³/mol. The Kier molecular flexibility index (Phi) is 11.0. The first-order valence-corrected chi connectivity index (χ1v) is 12.2. The van der Waals surface area contributed by atoms with Crippen molar-refractivity contribution in [1.29, 1.82) is 0 Å². The van der Waals surface area contributed by atoms with Gasteiger partial charge in [-0.25, -0.2) is 0 Å². The van der Waals surface area contributed by atoms with Crippen LogP contribution in [0.1, 0.15) is 116 Å². The topological polar surface area (TPSA) is 0 Å². The second-order valence-corrected chi connectivity index (χ2v) is 9.62. The highest BCUT2D eigenvalue weighted by Gasteiger charge is 2.31. The molecule has 2 aliphatic rings. The second kappa shape index (κ2) is 13.0. The molecule has 0 aliphatic heterocycles. The molecule has 2 saturated carbocycles. The molecule has 0 spiro atoms. The highest BCUT2D eigenvalue weighted by molar-refractivity contribution is 4.96. The first kappa shape index (κ1) is 23.8. The lowest BCUT2D eigenvalue weighted by Gasteiger charge is -2.37. The molecule has 0 heterocycles. The van der Waals surface area contributed by atoms with Crippen molar-refractivity contribution in [1.82, 2.24) is 0 Å². The molecule has 0 aromatic carbocycles. The molecule has 0 aromatic heterocycles. The fraction of sp³-hybridized carbons (Fsp3) is 0.920. The molecule has 2 rings (SSSR count). The average molecular weight is 401 g/mol. The number of hydrogen-bond donors (Lipinski definition) is 0. The Balaban J connectivity index is 1.51. The van der Waals surface area contributed by atoms with Gasteiger partial charge in [0.2, 0.25) is 0 Å². The highest BCUT2D eigenvalue weighted by atomic mass is 19.4. The van der Waals surface area contributed by atoms with Crippen molar-refractivity contribution in [3.05, 3.63) is 12.2 Å². The van der Waals surface area contributed by atoms with Crippen LogP contribution in [0.2, 0.25) is 0 Å². The van der Waals surface area contributed by atoms with E-state index in [0.717, 1.165) is 43.4 Å². The minimum Gasteiger partial charge on any atom is -0.167 e. The summed E-state index contributed by atoms with van der Waals surface area (Å²) in [6.07, 6.45) is 20.1. The van der Waals surface area contributed by atoms with Gasteiger partial charge in [0.15, 0.2) is 0 Å². The van der Waals surface area contributed by atoms with Crippen molar-refractivity contribution in [3.63, 3.8) is 0 Å². The van der Waals surface area contributed by atoms with E-state index in [0.29, 0.717) is 6.08 Å². The maximum Gasteiger partial charge on any atom is 0.409 e. The summed E-state index contributed by atoms with van der Waals surface area (Å²) in [6, 6.07) is 0. The van der Waals surface area contributed by atoms with E-state index in [1.165, 1.54) is 89.5 Å². The maximum atomic E-state index is 12.3. The van der Waals surface area contributed by atoms with E-state index in [1.807, 2.05) is 0 Å². The number of hydrogen-bond acceptors (Lipinski definition) is 0. The molecular formula is C25H43F3. The minimum atomic E-state index is -4.15. The van der Waals surface area contributed by atoms with Crippen molar-refractivity contribution >= 4 is 0 Å². The first-order valence-electron chi connectivity index (χ1n) is 12.2. The Labute approximate surface area is 171 Å². The molecule has 0 saturated heterocycles. The molecule has 0 atom stereocenters. The van der Waals surface area contributed by atoms with Crippen molar-refractivity contribution in [2.45, 2.75) is 122 Å². The summed E-state index contributed by atoms with van der Waals surface area (Å²) in [5.74, 6) is 2.72. The number of unbranched alkanes of at least 4 members (excludes halogenated alkanes) is 7. The summed E-state index contributed by atoms with van der Waals surface area (Å²) >= 11 is 0. The summed E-state index contributed by atoms with van der Waals surface area (Å²) < 4.78 is 37.0. The van der Waals surface area contributed by atoms with Crippen LogP contribution in [0.5, 0.6) is 0 Å². The largest absolute Gasteiger partial charge is 0.409 e. The van der Waals surface area contributed by atoms with Crippen LogP contribution in [0.3, 0.4) is 0 Å². The minimum absolute atomic E-state index is 0.149. The van der Waals surface area contributed by atoms with Crippen LogP contribution >= 0.6 is 0 Å². The molecule has 2 aliphatic carbocycles. The summed E-state index contributed by atoms with van der Waals surface area (Å²) in [7, 11) is 0. The fourth-order valence-corrected chi connectivity index (χ4v) is 5.57. The van der Waals surface area contributed by atoms with E-state index in [9.17, 15) is 13.2 Å². The quantitative estimate of drug-likeness (QED) is 0.239. The Hall–Kier alpha value is -0.470. The van der Waals surface area contributed by atoms with Gasteiger partial charge in [-0.2, -0.15) is 13.2 Å². The van der Waals surface area contributed by atoms with Crippen LogP contribution in [-0.2, 0) is 0 Å². The van der Waals surface area contributed by atoms with Gasteiger partial charge < -0.3 is 0 Å². The van der Waals surface area contributed by atoms with Crippen LogP contribution in [0.25, 0.3) is 0 Å². The molecule has 0 nitrogen and oxygen atoms in total. The summed E-state index contributed by atoms with van der Waals surface area (Å²) in [5, 5.41) is 0. The molecule has 0 radical (unpaired) electrons. The molecule has 0 N–H and O–H groups in total.